The summed E-state index contributed by atoms with van der Waals surface area (Å²) in [6.45, 7) is 8.85. The van der Waals surface area contributed by atoms with Crippen LogP contribution in [-0.4, -0.2) is 49.2 Å². The zero-order valence-electron chi connectivity index (χ0n) is 18.4. The molecule has 1 fully saturated rings. The molecule has 3 aromatic rings. The molecule has 1 amide bonds. The quantitative estimate of drug-likeness (QED) is 0.575. The lowest BCUT2D eigenvalue weighted by Crippen LogP contribution is -2.41. The van der Waals surface area contributed by atoms with E-state index < -0.39 is 5.60 Å². The Balaban J connectivity index is 1.44. The van der Waals surface area contributed by atoms with Gasteiger partial charge in [0.25, 0.3) is 0 Å². The second kappa shape index (κ2) is 8.42. The van der Waals surface area contributed by atoms with Crippen molar-refractivity contribution < 1.29 is 14.1 Å². The summed E-state index contributed by atoms with van der Waals surface area (Å²) in [7, 11) is 0. The normalized spacial score (nSPS) is 15.0. The Labute approximate surface area is 181 Å². The number of hydrogen-bond donors (Lipinski definition) is 0. The van der Waals surface area contributed by atoms with Crippen molar-refractivity contribution >= 4 is 11.6 Å². The van der Waals surface area contributed by atoms with E-state index in [2.05, 4.69) is 27.0 Å². The monoisotopic (exact) mass is 421 g/mol. The molecule has 162 valence electrons. The molecule has 4 rings (SSSR count). The number of amides is 1. The SMILES string of the molecule is CCC#Cc1ncn2cc(-c3noc(C4CCN(C(=O)OC(C)(C)C)CC4)n3)ccc12. The number of ether oxygens (including phenoxy) is 1. The van der Waals surface area contributed by atoms with Crippen LogP contribution < -0.4 is 0 Å². The van der Waals surface area contributed by atoms with Gasteiger partial charge in [0.1, 0.15) is 17.6 Å². The first kappa shape index (κ1) is 20.9. The molecule has 0 atom stereocenters. The van der Waals surface area contributed by atoms with Gasteiger partial charge in [0.05, 0.1) is 5.52 Å². The summed E-state index contributed by atoms with van der Waals surface area (Å²) >= 11 is 0. The zero-order chi connectivity index (χ0) is 22.0. The minimum absolute atomic E-state index is 0.132. The number of carbonyl (C=O) groups excluding carboxylic acids is 1. The predicted octanol–water partition coefficient (Wildman–Crippen LogP) is 4.26. The molecule has 4 heterocycles. The zero-order valence-corrected chi connectivity index (χ0v) is 18.4. The number of carbonyl (C=O) groups is 1. The molecule has 0 unspecified atom stereocenters. The number of pyridine rings is 1. The number of imidazole rings is 1. The molecule has 8 nitrogen and oxygen atoms in total. The van der Waals surface area contributed by atoms with Crippen LogP contribution in [0, 0.1) is 11.8 Å². The fourth-order valence-electron chi connectivity index (χ4n) is 3.55. The molecule has 31 heavy (non-hydrogen) atoms. The van der Waals surface area contributed by atoms with E-state index in [1.165, 1.54) is 0 Å². The molecule has 1 saturated heterocycles. The van der Waals surface area contributed by atoms with E-state index in [0.29, 0.717) is 24.8 Å². The van der Waals surface area contributed by atoms with Crippen LogP contribution in [0.3, 0.4) is 0 Å². The second-order valence-corrected chi connectivity index (χ2v) is 8.66. The summed E-state index contributed by atoms with van der Waals surface area (Å²) in [5.41, 5.74) is 2.07. The highest BCUT2D eigenvalue weighted by Crippen LogP contribution is 2.29. The van der Waals surface area contributed by atoms with Crippen molar-refractivity contribution in [3.8, 4) is 23.2 Å². The van der Waals surface area contributed by atoms with Gasteiger partial charge in [0.2, 0.25) is 11.7 Å². The van der Waals surface area contributed by atoms with Crippen LogP contribution in [0.1, 0.15) is 64.5 Å². The van der Waals surface area contributed by atoms with E-state index in [1.54, 1.807) is 11.2 Å². The Morgan fingerprint density at radius 3 is 2.77 bits per heavy atom. The number of hydrogen-bond acceptors (Lipinski definition) is 6. The molecule has 0 aliphatic carbocycles. The highest BCUT2D eigenvalue weighted by Gasteiger charge is 2.30. The lowest BCUT2D eigenvalue weighted by Gasteiger charge is -2.32. The van der Waals surface area contributed by atoms with Gasteiger partial charge in [-0.3, -0.25) is 0 Å². The molecule has 0 N–H and O–H groups in total. The van der Waals surface area contributed by atoms with Gasteiger partial charge in [-0.05, 0) is 51.7 Å². The third-order valence-corrected chi connectivity index (χ3v) is 5.11. The fourth-order valence-corrected chi connectivity index (χ4v) is 3.55. The lowest BCUT2D eigenvalue weighted by atomic mass is 9.97. The van der Waals surface area contributed by atoms with Gasteiger partial charge in [-0.1, -0.05) is 18.0 Å². The first-order valence-corrected chi connectivity index (χ1v) is 10.6. The van der Waals surface area contributed by atoms with Gasteiger partial charge >= 0.3 is 6.09 Å². The van der Waals surface area contributed by atoms with Crippen LogP contribution in [0.15, 0.2) is 29.2 Å². The van der Waals surface area contributed by atoms with Crippen molar-refractivity contribution in [3.05, 3.63) is 36.2 Å². The summed E-state index contributed by atoms with van der Waals surface area (Å²) in [4.78, 5) is 23.0. The molecule has 0 radical (unpaired) electrons. The van der Waals surface area contributed by atoms with Crippen molar-refractivity contribution in [2.24, 2.45) is 0 Å². The van der Waals surface area contributed by atoms with Gasteiger partial charge in [0, 0.05) is 37.2 Å². The fraction of sp³-hybridized carbons (Fsp3) is 0.478. The highest BCUT2D eigenvalue weighted by molar-refractivity contribution is 5.68. The minimum Gasteiger partial charge on any atom is -0.444 e. The van der Waals surface area contributed by atoms with E-state index >= 15 is 0 Å². The molecule has 0 aromatic carbocycles. The highest BCUT2D eigenvalue weighted by atomic mass is 16.6. The summed E-state index contributed by atoms with van der Waals surface area (Å²) in [6, 6.07) is 3.92. The van der Waals surface area contributed by atoms with E-state index in [9.17, 15) is 4.79 Å². The molecular formula is C23H27N5O3. The molecule has 0 spiro atoms. The van der Waals surface area contributed by atoms with Gasteiger partial charge in [-0.15, -0.1) is 0 Å². The largest absolute Gasteiger partial charge is 0.444 e. The van der Waals surface area contributed by atoms with Crippen molar-refractivity contribution in [1.82, 2.24) is 24.4 Å². The molecule has 8 heteroatoms. The molecule has 1 aliphatic rings. The van der Waals surface area contributed by atoms with Gasteiger partial charge < -0.3 is 18.6 Å². The van der Waals surface area contributed by atoms with Crippen LogP contribution in [0.4, 0.5) is 4.79 Å². The summed E-state index contributed by atoms with van der Waals surface area (Å²) in [6.07, 6.45) is 5.72. The number of piperidine rings is 1. The van der Waals surface area contributed by atoms with Gasteiger partial charge in [0.15, 0.2) is 0 Å². The molecule has 3 aromatic heterocycles. The Morgan fingerprint density at radius 2 is 2.06 bits per heavy atom. The van der Waals surface area contributed by atoms with Crippen LogP contribution >= 0.6 is 0 Å². The number of fused-ring (bicyclic) bond motifs is 1. The number of likely N-dealkylation sites (tertiary alicyclic amines) is 1. The molecular weight excluding hydrogens is 394 g/mol. The summed E-state index contributed by atoms with van der Waals surface area (Å²) < 4.78 is 12.9. The summed E-state index contributed by atoms with van der Waals surface area (Å²) in [5, 5.41) is 4.17. The third-order valence-electron chi connectivity index (χ3n) is 5.11. The van der Waals surface area contributed by atoms with Crippen LogP contribution in [0.2, 0.25) is 0 Å². The van der Waals surface area contributed by atoms with E-state index in [-0.39, 0.29) is 12.0 Å². The Kier molecular flexibility index (Phi) is 5.68. The van der Waals surface area contributed by atoms with E-state index in [4.69, 9.17) is 9.26 Å². The number of nitrogens with zero attached hydrogens (tertiary/aromatic N) is 5. The van der Waals surface area contributed by atoms with Gasteiger partial charge in [-0.2, -0.15) is 4.98 Å². The standard InChI is InChI=1S/C23H27N5O3/c1-5-6-7-18-19-9-8-17(14-28(19)15-24-18)20-25-21(31-26-20)16-10-12-27(13-11-16)22(29)30-23(2,3)4/h8-9,14-16H,5,10-13H2,1-4H3. The smallest absolute Gasteiger partial charge is 0.410 e. The maximum Gasteiger partial charge on any atom is 0.410 e. The average Bonchev–Trinajstić information content (AvgIpc) is 3.38. The molecule has 1 aliphatic heterocycles. The van der Waals surface area contributed by atoms with E-state index in [0.717, 1.165) is 36.0 Å². The van der Waals surface area contributed by atoms with Crippen LogP contribution in [-0.2, 0) is 4.74 Å². The van der Waals surface area contributed by atoms with Crippen molar-refractivity contribution in [3.63, 3.8) is 0 Å². The maximum atomic E-state index is 12.2. The number of rotatable bonds is 2. The first-order valence-electron chi connectivity index (χ1n) is 10.6. The Bertz CT molecular complexity index is 1140. The topological polar surface area (TPSA) is 85.8 Å². The Morgan fingerprint density at radius 1 is 1.29 bits per heavy atom. The van der Waals surface area contributed by atoms with Crippen molar-refractivity contribution in [2.45, 2.75) is 58.5 Å². The first-order chi connectivity index (χ1) is 14.8. The molecule has 0 saturated carbocycles. The summed E-state index contributed by atoms with van der Waals surface area (Å²) in [5.74, 6) is 7.42. The minimum atomic E-state index is -0.491. The van der Waals surface area contributed by atoms with Crippen LogP contribution in [0.5, 0.6) is 0 Å². The molecule has 0 bridgehead atoms. The van der Waals surface area contributed by atoms with E-state index in [1.807, 2.05) is 50.4 Å². The lowest BCUT2D eigenvalue weighted by molar-refractivity contribution is 0.0198. The second-order valence-electron chi connectivity index (χ2n) is 8.66. The van der Waals surface area contributed by atoms with Crippen molar-refractivity contribution in [1.29, 1.82) is 0 Å². The average molecular weight is 422 g/mol. The number of aromatic nitrogens is 4. The Hall–Kier alpha value is -3.34. The van der Waals surface area contributed by atoms with Crippen LogP contribution in [0.25, 0.3) is 16.9 Å². The predicted molar refractivity (Wildman–Crippen MR) is 115 cm³/mol. The van der Waals surface area contributed by atoms with Crippen molar-refractivity contribution in [2.75, 3.05) is 13.1 Å². The third kappa shape index (κ3) is 4.71. The maximum absolute atomic E-state index is 12.2. The van der Waals surface area contributed by atoms with Gasteiger partial charge in [-0.25, -0.2) is 9.78 Å².